The molecule has 0 aromatic heterocycles. The number of Topliss-reactive ketones (excluding diaryl/α,β-unsaturated/α-hetero) is 1. The second kappa shape index (κ2) is 2.54. The largest absolute Gasteiger partial charge is 0.469 e. The molecule has 2 saturated heterocycles. The van der Waals surface area contributed by atoms with Crippen molar-refractivity contribution in [3.05, 3.63) is 0 Å². The van der Waals surface area contributed by atoms with E-state index in [1.807, 2.05) is 0 Å². The van der Waals surface area contributed by atoms with E-state index in [0.29, 0.717) is 12.8 Å². The highest BCUT2D eigenvalue weighted by molar-refractivity contribution is 5.90. The summed E-state index contributed by atoms with van der Waals surface area (Å²) in [6.45, 7) is 1.81. The Morgan fingerprint density at radius 2 is 2.38 bits per heavy atom. The molecular weight excluding hydrogens is 172 g/mol. The van der Waals surface area contributed by atoms with Gasteiger partial charge in [0, 0.05) is 6.42 Å². The number of rotatable bonds is 1. The highest BCUT2D eigenvalue weighted by Crippen LogP contribution is 2.45. The first-order valence-electron chi connectivity index (χ1n) is 4.35. The third kappa shape index (κ3) is 1.09. The van der Waals surface area contributed by atoms with Crippen molar-refractivity contribution >= 4 is 11.8 Å². The lowest BCUT2D eigenvalue weighted by atomic mass is 9.79. The molecule has 2 rings (SSSR count). The van der Waals surface area contributed by atoms with Crippen LogP contribution in [-0.2, 0) is 19.1 Å². The van der Waals surface area contributed by atoms with Crippen LogP contribution in [0.25, 0.3) is 0 Å². The summed E-state index contributed by atoms with van der Waals surface area (Å²) < 4.78 is 10.1. The van der Waals surface area contributed by atoms with Crippen molar-refractivity contribution in [3.63, 3.8) is 0 Å². The molecule has 4 nitrogen and oxygen atoms in total. The standard InChI is InChI=1S/C9H12O4/c1-9-4-6(10)7(13-9)3-5(9)8(11)12-2/h5,7H,3-4H2,1-2H3/t5-,7+,9+/m0/s1. The maximum absolute atomic E-state index is 11.3. The molecule has 0 aromatic rings. The minimum atomic E-state index is -0.602. The normalized spacial score (nSPS) is 42.5. The maximum atomic E-state index is 11.3. The molecule has 72 valence electrons. The molecule has 13 heavy (non-hydrogen) atoms. The third-order valence-electron chi connectivity index (χ3n) is 2.97. The topological polar surface area (TPSA) is 52.6 Å². The van der Waals surface area contributed by atoms with Gasteiger partial charge in [-0.1, -0.05) is 0 Å². The van der Waals surface area contributed by atoms with E-state index >= 15 is 0 Å². The molecular formula is C9H12O4. The Bertz CT molecular complexity index is 273. The molecule has 0 amide bonds. The van der Waals surface area contributed by atoms with Crippen LogP contribution >= 0.6 is 0 Å². The van der Waals surface area contributed by atoms with Gasteiger partial charge in [-0.05, 0) is 13.3 Å². The van der Waals surface area contributed by atoms with Crippen molar-refractivity contribution in [2.24, 2.45) is 5.92 Å². The van der Waals surface area contributed by atoms with Crippen LogP contribution in [0, 0.1) is 5.92 Å². The van der Waals surface area contributed by atoms with Gasteiger partial charge in [0.15, 0.2) is 5.78 Å². The van der Waals surface area contributed by atoms with E-state index in [0.717, 1.165) is 0 Å². The maximum Gasteiger partial charge on any atom is 0.311 e. The van der Waals surface area contributed by atoms with Crippen molar-refractivity contribution in [1.82, 2.24) is 0 Å². The fraction of sp³-hybridized carbons (Fsp3) is 0.778. The molecule has 2 heterocycles. The Kier molecular flexibility index (Phi) is 1.70. The second-order valence-corrected chi connectivity index (χ2v) is 3.87. The van der Waals surface area contributed by atoms with Crippen LogP contribution in [0.15, 0.2) is 0 Å². The van der Waals surface area contributed by atoms with Crippen LogP contribution in [0.5, 0.6) is 0 Å². The van der Waals surface area contributed by atoms with Gasteiger partial charge in [-0.2, -0.15) is 0 Å². The number of hydrogen-bond donors (Lipinski definition) is 0. The highest BCUT2D eigenvalue weighted by atomic mass is 16.5. The molecule has 0 saturated carbocycles. The summed E-state index contributed by atoms with van der Waals surface area (Å²) in [4.78, 5) is 22.5. The van der Waals surface area contributed by atoms with Gasteiger partial charge in [0.2, 0.25) is 0 Å². The quantitative estimate of drug-likeness (QED) is 0.550. The lowest BCUT2D eigenvalue weighted by Gasteiger charge is -2.25. The summed E-state index contributed by atoms with van der Waals surface area (Å²) in [6, 6.07) is 0. The van der Waals surface area contributed by atoms with Gasteiger partial charge in [0.05, 0.1) is 18.6 Å². The summed E-state index contributed by atoms with van der Waals surface area (Å²) in [5.74, 6) is -0.416. The number of methoxy groups -OCH3 is 1. The third-order valence-corrected chi connectivity index (χ3v) is 2.97. The average Bonchev–Trinajstić information content (AvgIpc) is 2.54. The van der Waals surface area contributed by atoms with E-state index in [1.54, 1.807) is 6.92 Å². The van der Waals surface area contributed by atoms with Gasteiger partial charge in [-0.3, -0.25) is 9.59 Å². The predicted octanol–water partition coefficient (Wildman–Crippen LogP) is 0.296. The number of carbonyl (C=O) groups is 2. The molecule has 0 aromatic carbocycles. The van der Waals surface area contributed by atoms with Crippen molar-refractivity contribution in [1.29, 1.82) is 0 Å². The SMILES string of the molecule is COC(=O)[C@@H]1C[C@H]2O[C@]1(C)CC2=O. The van der Waals surface area contributed by atoms with E-state index in [1.165, 1.54) is 7.11 Å². The van der Waals surface area contributed by atoms with Crippen LogP contribution in [-0.4, -0.2) is 30.6 Å². The first-order chi connectivity index (χ1) is 6.07. The summed E-state index contributed by atoms with van der Waals surface area (Å²) >= 11 is 0. The number of fused-ring (bicyclic) bond motifs is 2. The molecule has 0 aliphatic carbocycles. The van der Waals surface area contributed by atoms with Gasteiger partial charge in [-0.15, -0.1) is 0 Å². The van der Waals surface area contributed by atoms with Crippen LogP contribution in [0.2, 0.25) is 0 Å². The van der Waals surface area contributed by atoms with Crippen molar-refractivity contribution in [3.8, 4) is 0 Å². The van der Waals surface area contributed by atoms with E-state index in [9.17, 15) is 9.59 Å². The van der Waals surface area contributed by atoms with Crippen LogP contribution in [0.4, 0.5) is 0 Å². The Morgan fingerprint density at radius 1 is 1.69 bits per heavy atom. The number of esters is 1. The molecule has 0 unspecified atom stereocenters. The first-order valence-corrected chi connectivity index (χ1v) is 4.35. The minimum Gasteiger partial charge on any atom is -0.469 e. The lowest BCUT2D eigenvalue weighted by Crippen LogP contribution is -2.38. The Labute approximate surface area is 76.2 Å². The zero-order chi connectivity index (χ0) is 9.64. The zero-order valence-corrected chi connectivity index (χ0v) is 7.70. The monoisotopic (exact) mass is 184 g/mol. The van der Waals surface area contributed by atoms with Gasteiger partial charge >= 0.3 is 5.97 Å². The predicted molar refractivity (Wildman–Crippen MR) is 43.0 cm³/mol. The summed E-state index contributed by atoms with van der Waals surface area (Å²) in [7, 11) is 1.36. The van der Waals surface area contributed by atoms with Crippen LogP contribution in [0.1, 0.15) is 19.8 Å². The number of carbonyl (C=O) groups excluding carboxylic acids is 2. The molecule has 0 N–H and O–H groups in total. The van der Waals surface area contributed by atoms with Crippen LogP contribution < -0.4 is 0 Å². The fourth-order valence-corrected chi connectivity index (χ4v) is 2.23. The molecule has 2 fully saturated rings. The van der Waals surface area contributed by atoms with Crippen LogP contribution in [0.3, 0.4) is 0 Å². The summed E-state index contributed by atoms with van der Waals surface area (Å²) in [6.07, 6.45) is 0.466. The van der Waals surface area contributed by atoms with Gasteiger partial charge in [-0.25, -0.2) is 0 Å². The molecule has 3 atom stereocenters. The van der Waals surface area contributed by atoms with Crippen molar-refractivity contribution in [2.75, 3.05) is 7.11 Å². The minimum absolute atomic E-state index is 0.114. The smallest absolute Gasteiger partial charge is 0.311 e. The van der Waals surface area contributed by atoms with E-state index in [4.69, 9.17) is 4.74 Å². The lowest BCUT2D eigenvalue weighted by molar-refractivity contribution is -0.150. The molecule has 2 aliphatic heterocycles. The van der Waals surface area contributed by atoms with Crippen molar-refractivity contribution < 1.29 is 19.1 Å². The van der Waals surface area contributed by atoms with Gasteiger partial charge < -0.3 is 9.47 Å². The molecule has 2 bridgehead atoms. The molecule has 0 spiro atoms. The van der Waals surface area contributed by atoms with Gasteiger partial charge in [0.1, 0.15) is 6.10 Å². The molecule has 4 heteroatoms. The van der Waals surface area contributed by atoms with E-state index in [-0.39, 0.29) is 23.8 Å². The Morgan fingerprint density at radius 3 is 2.77 bits per heavy atom. The zero-order valence-electron chi connectivity index (χ0n) is 7.70. The molecule has 0 radical (unpaired) electrons. The Balaban J connectivity index is 2.20. The fourth-order valence-electron chi connectivity index (χ4n) is 2.23. The first kappa shape index (κ1) is 8.69. The number of ether oxygens (including phenoxy) is 2. The van der Waals surface area contributed by atoms with Gasteiger partial charge in [0.25, 0.3) is 0 Å². The summed E-state index contributed by atoms with van der Waals surface area (Å²) in [5, 5.41) is 0. The highest BCUT2D eigenvalue weighted by Gasteiger charge is 2.58. The number of hydrogen-bond acceptors (Lipinski definition) is 4. The average molecular weight is 184 g/mol. The Hall–Kier alpha value is -0.900. The molecule has 2 aliphatic rings. The second-order valence-electron chi connectivity index (χ2n) is 3.87. The summed E-state index contributed by atoms with van der Waals surface area (Å²) in [5.41, 5.74) is -0.602. The number of ketones is 1. The van der Waals surface area contributed by atoms with Crippen molar-refractivity contribution in [2.45, 2.75) is 31.5 Å². The van der Waals surface area contributed by atoms with E-state index in [2.05, 4.69) is 4.74 Å². The van der Waals surface area contributed by atoms with E-state index < -0.39 is 5.60 Å².